The number of hydrogen-bond acceptors (Lipinski definition) is 10. The monoisotopic (exact) mass is 823 g/mol. The minimum absolute atomic E-state index is 0.161. The van der Waals surface area contributed by atoms with Crippen LogP contribution in [0, 0.1) is 22.2 Å². The average molecular weight is 824 g/mol. The highest BCUT2D eigenvalue weighted by atomic mass is 35.5. The van der Waals surface area contributed by atoms with Crippen molar-refractivity contribution < 1.29 is 28.7 Å². The van der Waals surface area contributed by atoms with Crippen LogP contribution in [0.2, 0.25) is 5.02 Å². The first kappa shape index (κ1) is 42.1. The van der Waals surface area contributed by atoms with Crippen molar-refractivity contribution in [3.05, 3.63) is 87.6 Å². The molecule has 0 spiro atoms. The fourth-order valence-corrected chi connectivity index (χ4v) is 10.3. The van der Waals surface area contributed by atoms with E-state index < -0.39 is 28.8 Å². The molecule has 0 unspecified atom stereocenters. The highest BCUT2D eigenvalue weighted by Gasteiger charge is 2.68. The number of halogens is 1. The molecule has 13 nitrogen and oxygen atoms in total. The lowest BCUT2D eigenvalue weighted by Gasteiger charge is -2.66. The topological polar surface area (TPSA) is 162 Å². The summed E-state index contributed by atoms with van der Waals surface area (Å²) in [5.74, 6) is 0.174. The van der Waals surface area contributed by atoms with Crippen LogP contribution in [0.25, 0.3) is 0 Å². The molecular weight excluding hydrogens is 770 g/mol. The van der Waals surface area contributed by atoms with Gasteiger partial charge in [0, 0.05) is 81.0 Å². The first-order valence-electron chi connectivity index (χ1n) is 20.7. The lowest BCUT2D eigenvalue weighted by atomic mass is 9.48. The van der Waals surface area contributed by atoms with E-state index in [4.69, 9.17) is 26.8 Å². The van der Waals surface area contributed by atoms with Crippen LogP contribution in [0.15, 0.2) is 54.7 Å². The molecular formula is C45H54ClN7O6. The second kappa shape index (κ2) is 17.3. The lowest BCUT2D eigenvalue weighted by Crippen LogP contribution is -2.77. The van der Waals surface area contributed by atoms with Gasteiger partial charge in [-0.1, -0.05) is 57.8 Å². The number of benzene rings is 2. The number of nitrogens with zero attached hydrogens (tertiary/aromatic N) is 6. The van der Waals surface area contributed by atoms with Crippen molar-refractivity contribution in [1.29, 1.82) is 5.26 Å². The molecule has 1 aliphatic carbocycles. The van der Waals surface area contributed by atoms with Crippen molar-refractivity contribution in [2.75, 3.05) is 50.8 Å². The number of unbranched alkanes of at least 4 members (excludes halogenated alkanes) is 2. The smallest absolute Gasteiger partial charge is 0.255 e. The molecule has 4 amide bonds. The summed E-state index contributed by atoms with van der Waals surface area (Å²) in [6.45, 7) is 14.1. The second-order valence-electron chi connectivity index (χ2n) is 17.4. The van der Waals surface area contributed by atoms with E-state index in [1.807, 2.05) is 45.9 Å². The molecule has 4 heterocycles. The highest BCUT2D eigenvalue weighted by Crippen LogP contribution is 2.58. The van der Waals surface area contributed by atoms with E-state index in [0.717, 1.165) is 75.4 Å². The summed E-state index contributed by atoms with van der Waals surface area (Å²) in [6.07, 6.45) is 5.37. The molecule has 3 aromatic rings. The summed E-state index contributed by atoms with van der Waals surface area (Å²) in [4.78, 5) is 65.3. The van der Waals surface area contributed by atoms with Gasteiger partial charge in [0.1, 0.15) is 29.8 Å². The zero-order valence-corrected chi connectivity index (χ0v) is 35.2. The molecule has 3 fully saturated rings. The zero-order valence-electron chi connectivity index (χ0n) is 34.4. The molecule has 7 rings (SSSR count). The number of pyridine rings is 1. The molecule has 1 atom stereocenters. The van der Waals surface area contributed by atoms with Crippen molar-refractivity contribution >= 4 is 41.0 Å². The maximum Gasteiger partial charge on any atom is 0.255 e. The van der Waals surface area contributed by atoms with Crippen molar-refractivity contribution in [1.82, 2.24) is 19.7 Å². The van der Waals surface area contributed by atoms with E-state index in [9.17, 15) is 24.4 Å². The standard InChI is InChI=1S/C45H54ClN7O6/c1-44(2)42(45(3,4)43(44)59-32-14-12-30(26-47)35(46)25-32)53-38(54)17-15-36(41(53)57)52-28-34-29(10-8-11-33(34)40(52)56)9-6-5-7-23-58-24-22-50-18-20-51(21-19-50)37-16-13-31(27-49-37)39(48)55/h8,10-14,16,25,27,36,42-43H,5-7,9,15,17-24,28H2,1-4H3,(H2,48,55)/t36-,42?,43?/m1/s1. The Labute approximate surface area is 351 Å². The number of nitriles is 1. The number of rotatable bonds is 15. The van der Waals surface area contributed by atoms with Crippen LogP contribution in [-0.2, 0) is 27.3 Å². The number of piperidine rings is 1. The first-order chi connectivity index (χ1) is 28.2. The molecule has 1 saturated carbocycles. The van der Waals surface area contributed by atoms with E-state index in [1.54, 1.807) is 29.2 Å². The number of nitrogens with two attached hydrogens (primary N) is 1. The zero-order chi connectivity index (χ0) is 42.1. The van der Waals surface area contributed by atoms with Crippen molar-refractivity contribution in [2.24, 2.45) is 16.6 Å². The quantitative estimate of drug-likeness (QED) is 0.151. The molecule has 2 N–H and O–H groups in total. The third kappa shape index (κ3) is 8.40. The van der Waals surface area contributed by atoms with Gasteiger partial charge in [0.05, 0.1) is 28.8 Å². The van der Waals surface area contributed by atoms with E-state index in [-0.39, 0.29) is 30.2 Å². The minimum Gasteiger partial charge on any atom is -0.489 e. The van der Waals surface area contributed by atoms with Gasteiger partial charge < -0.3 is 25.0 Å². The fourth-order valence-electron chi connectivity index (χ4n) is 10.0. The Kier molecular flexibility index (Phi) is 12.3. The molecule has 0 bridgehead atoms. The Morgan fingerprint density at radius 1 is 0.983 bits per heavy atom. The number of likely N-dealkylation sites (tertiary alicyclic amines) is 1. The Bertz CT molecular complexity index is 2110. The van der Waals surface area contributed by atoms with E-state index in [0.29, 0.717) is 53.6 Å². The predicted molar refractivity (Wildman–Crippen MR) is 223 cm³/mol. The molecule has 14 heteroatoms. The molecule has 3 aliphatic heterocycles. The summed E-state index contributed by atoms with van der Waals surface area (Å²) >= 11 is 6.29. The van der Waals surface area contributed by atoms with Gasteiger partial charge in [-0.3, -0.25) is 29.0 Å². The molecule has 4 aliphatic rings. The van der Waals surface area contributed by atoms with Crippen LogP contribution in [0.3, 0.4) is 0 Å². The number of piperazine rings is 1. The molecule has 312 valence electrons. The van der Waals surface area contributed by atoms with Crippen LogP contribution < -0.4 is 15.4 Å². The summed E-state index contributed by atoms with van der Waals surface area (Å²) in [5, 5.41) is 9.58. The van der Waals surface area contributed by atoms with Gasteiger partial charge >= 0.3 is 0 Å². The normalized spacial score (nSPS) is 22.5. The van der Waals surface area contributed by atoms with Crippen LogP contribution in [0.1, 0.15) is 97.2 Å². The van der Waals surface area contributed by atoms with E-state index in [1.165, 1.54) is 11.1 Å². The van der Waals surface area contributed by atoms with Crippen LogP contribution in [-0.4, -0.2) is 107 Å². The number of amides is 4. The predicted octanol–water partition coefficient (Wildman–Crippen LogP) is 5.61. The van der Waals surface area contributed by atoms with Gasteiger partial charge in [-0.2, -0.15) is 5.26 Å². The number of ether oxygens (including phenoxy) is 2. The number of hydrogen-bond donors (Lipinski definition) is 1. The van der Waals surface area contributed by atoms with Gasteiger partial charge in [0.15, 0.2) is 0 Å². The van der Waals surface area contributed by atoms with Crippen molar-refractivity contribution in [3.63, 3.8) is 0 Å². The van der Waals surface area contributed by atoms with Gasteiger partial charge in [-0.25, -0.2) is 4.98 Å². The maximum absolute atomic E-state index is 14.4. The van der Waals surface area contributed by atoms with Gasteiger partial charge in [-0.15, -0.1) is 0 Å². The molecule has 2 saturated heterocycles. The SMILES string of the molecule is CC1(C)C(Oc2ccc(C#N)c(Cl)c2)C(C)(C)C1N1C(=O)CC[C@@H](N2Cc3c(CCCCCOCCN4CCN(c5ccc(C(N)=O)cn5)CC4)cccc3C2=O)C1=O. The van der Waals surface area contributed by atoms with Gasteiger partial charge in [0.2, 0.25) is 11.8 Å². The fraction of sp³-hybridized carbons (Fsp3) is 0.511. The minimum atomic E-state index is -0.732. The van der Waals surface area contributed by atoms with Crippen LogP contribution in [0.5, 0.6) is 5.75 Å². The van der Waals surface area contributed by atoms with E-state index >= 15 is 0 Å². The number of aromatic nitrogens is 1. The molecule has 1 aromatic heterocycles. The van der Waals surface area contributed by atoms with Crippen LogP contribution >= 0.6 is 11.6 Å². The Morgan fingerprint density at radius 2 is 1.75 bits per heavy atom. The number of imide groups is 1. The molecule has 59 heavy (non-hydrogen) atoms. The second-order valence-corrected chi connectivity index (χ2v) is 17.8. The number of primary amides is 1. The Hall–Kier alpha value is -5.03. The highest BCUT2D eigenvalue weighted by molar-refractivity contribution is 6.31. The van der Waals surface area contributed by atoms with Crippen molar-refractivity contribution in [3.8, 4) is 11.8 Å². The number of carbonyl (C=O) groups excluding carboxylic acids is 4. The summed E-state index contributed by atoms with van der Waals surface area (Å²) < 4.78 is 12.4. The van der Waals surface area contributed by atoms with Gasteiger partial charge in [-0.05, 0) is 67.1 Å². The largest absolute Gasteiger partial charge is 0.489 e. The van der Waals surface area contributed by atoms with Gasteiger partial charge in [0.25, 0.3) is 11.8 Å². The summed E-state index contributed by atoms with van der Waals surface area (Å²) in [7, 11) is 0. The third-order valence-corrected chi connectivity index (χ3v) is 13.1. The summed E-state index contributed by atoms with van der Waals surface area (Å²) in [6, 6.07) is 15.2. The maximum atomic E-state index is 14.4. The third-order valence-electron chi connectivity index (χ3n) is 12.7. The number of fused-ring (bicyclic) bond motifs is 1. The number of aryl methyl sites for hydroxylation is 1. The Morgan fingerprint density at radius 3 is 2.42 bits per heavy atom. The summed E-state index contributed by atoms with van der Waals surface area (Å²) in [5.41, 5.74) is 7.62. The van der Waals surface area contributed by atoms with E-state index in [2.05, 4.69) is 26.9 Å². The molecule has 2 aromatic carbocycles. The first-order valence-corrected chi connectivity index (χ1v) is 21.0. The number of anilines is 1. The molecule has 0 radical (unpaired) electrons. The lowest BCUT2D eigenvalue weighted by molar-refractivity contribution is -0.216. The van der Waals surface area contributed by atoms with Crippen LogP contribution in [0.4, 0.5) is 5.82 Å². The Balaban J connectivity index is 0.869. The average Bonchev–Trinajstić information content (AvgIpc) is 3.55. The number of carbonyl (C=O) groups is 4. The van der Waals surface area contributed by atoms with Crippen molar-refractivity contribution in [2.45, 2.75) is 91.0 Å².